The van der Waals surface area contributed by atoms with Crippen LogP contribution in [0.3, 0.4) is 0 Å². The van der Waals surface area contributed by atoms with Crippen molar-refractivity contribution < 1.29 is 28.6 Å². The minimum atomic E-state index is -0.935. The van der Waals surface area contributed by atoms with Crippen molar-refractivity contribution in [3.63, 3.8) is 0 Å². The van der Waals surface area contributed by atoms with E-state index in [0.29, 0.717) is 24.5 Å². The lowest BCUT2D eigenvalue weighted by atomic mass is 10.2. The zero-order valence-corrected chi connectivity index (χ0v) is 17.3. The molecule has 30 heavy (non-hydrogen) atoms. The van der Waals surface area contributed by atoms with Crippen molar-refractivity contribution in [3.8, 4) is 11.5 Å². The third kappa shape index (κ3) is 6.80. The molecule has 0 fully saturated rings. The SMILES string of the molecule is CCC(OC(=O)CNC(=O)c1cc(OC)cc(OC)c1)C(=O)NCc1ccccc1. The van der Waals surface area contributed by atoms with Gasteiger partial charge in [0.2, 0.25) is 0 Å². The van der Waals surface area contributed by atoms with Gasteiger partial charge in [0.15, 0.2) is 6.10 Å². The molecule has 1 unspecified atom stereocenters. The molecule has 2 aromatic carbocycles. The zero-order valence-electron chi connectivity index (χ0n) is 17.3. The summed E-state index contributed by atoms with van der Waals surface area (Å²) < 4.78 is 15.5. The fraction of sp³-hybridized carbons (Fsp3) is 0.318. The lowest BCUT2D eigenvalue weighted by Gasteiger charge is -2.16. The number of methoxy groups -OCH3 is 2. The molecule has 2 N–H and O–H groups in total. The summed E-state index contributed by atoms with van der Waals surface area (Å²) in [4.78, 5) is 36.7. The molecule has 2 aromatic rings. The van der Waals surface area contributed by atoms with Crippen molar-refractivity contribution in [1.82, 2.24) is 10.6 Å². The van der Waals surface area contributed by atoms with Crippen LogP contribution in [0, 0.1) is 0 Å². The topological polar surface area (TPSA) is 103 Å². The van der Waals surface area contributed by atoms with E-state index in [2.05, 4.69) is 10.6 Å². The Kier molecular flexibility index (Phi) is 8.68. The van der Waals surface area contributed by atoms with Crippen LogP contribution in [0.2, 0.25) is 0 Å². The van der Waals surface area contributed by atoms with Crippen LogP contribution in [0.1, 0.15) is 29.3 Å². The molecule has 160 valence electrons. The van der Waals surface area contributed by atoms with Crippen molar-refractivity contribution in [2.75, 3.05) is 20.8 Å². The van der Waals surface area contributed by atoms with Gasteiger partial charge in [0.05, 0.1) is 14.2 Å². The van der Waals surface area contributed by atoms with Gasteiger partial charge in [0, 0.05) is 18.2 Å². The number of carbonyl (C=O) groups excluding carboxylic acids is 3. The van der Waals surface area contributed by atoms with E-state index in [4.69, 9.17) is 14.2 Å². The van der Waals surface area contributed by atoms with E-state index >= 15 is 0 Å². The minimum absolute atomic E-state index is 0.270. The number of rotatable bonds is 10. The highest BCUT2D eigenvalue weighted by Crippen LogP contribution is 2.22. The van der Waals surface area contributed by atoms with Crippen molar-refractivity contribution in [2.45, 2.75) is 26.0 Å². The molecule has 8 nitrogen and oxygen atoms in total. The number of amides is 2. The summed E-state index contributed by atoms with van der Waals surface area (Å²) in [5, 5.41) is 5.21. The first kappa shape index (κ1) is 22.7. The van der Waals surface area contributed by atoms with Crippen molar-refractivity contribution in [1.29, 1.82) is 0 Å². The molecule has 0 aromatic heterocycles. The van der Waals surface area contributed by atoms with E-state index in [-0.39, 0.29) is 12.1 Å². The Labute approximate surface area is 175 Å². The average molecular weight is 414 g/mol. The van der Waals surface area contributed by atoms with Gasteiger partial charge in [-0.15, -0.1) is 0 Å². The van der Waals surface area contributed by atoms with Gasteiger partial charge < -0.3 is 24.8 Å². The Morgan fingerprint density at radius 2 is 1.57 bits per heavy atom. The zero-order chi connectivity index (χ0) is 21.9. The molecule has 0 spiro atoms. The molecule has 2 amide bonds. The van der Waals surface area contributed by atoms with E-state index in [1.54, 1.807) is 13.0 Å². The molecule has 0 aliphatic rings. The smallest absolute Gasteiger partial charge is 0.326 e. The van der Waals surface area contributed by atoms with E-state index in [0.717, 1.165) is 5.56 Å². The first-order chi connectivity index (χ1) is 14.5. The summed E-state index contributed by atoms with van der Waals surface area (Å²) in [6.45, 7) is 1.70. The van der Waals surface area contributed by atoms with Gasteiger partial charge in [-0.1, -0.05) is 37.3 Å². The number of hydrogen-bond acceptors (Lipinski definition) is 6. The van der Waals surface area contributed by atoms with Gasteiger partial charge in [-0.2, -0.15) is 0 Å². The van der Waals surface area contributed by atoms with Crippen molar-refractivity contribution >= 4 is 17.8 Å². The molecule has 0 aliphatic carbocycles. The van der Waals surface area contributed by atoms with Gasteiger partial charge in [0.25, 0.3) is 11.8 Å². The van der Waals surface area contributed by atoms with Crippen LogP contribution in [-0.4, -0.2) is 44.7 Å². The number of benzene rings is 2. The van der Waals surface area contributed by atoms with Gasteiger partial charge in [-0.05, 0) is 24.1 Å². The maximum Gasteiger partial charge on any atom is 0.326 e. The van der Waals surface area contributed by atoms with Crippen LogP contribution in [-0.2, 0) is 20.9 Å². The van der Waals surface area contributed by atoms with Gasteiger partial charge in [0.1, 0.15) is 18.0 Å². The Bertz CT molecular complexity index is 847. The fourth-order valence-electron chi connectivity index (χ4n) is 2.61. The van der Waals surface area contributed by atoms with Gasteiger partial charge >= 0.3 is 5.97 Å². The maximum atomic E-state index is 12.3. The first-order valence-electron chi connectivity index (χ1n) is 9.49. The fourth-order valence-corrected chi connectivity index (χ4v) is 2.61. The Morgan fingerprint density at radius 1 is 0.933 bits per heavy atom. The summed E-state index contributed by atoms with van der Waals surface area (Å²) in [5.74, 6) is -0.698. The van der Waals surface area contributed by atoms with Crippen LogP contribution < -0.4 is 20.1 Å². The highest BCUT2D eigenvalue weighted by atomic mass is 16.5. The first-order valence-corrected chi connectivity index (χ1v) is 9.49. The predicted octanol–water partition coefficient (Wildman–Crippen LogP) is 2.07. The molecule has 0 saturated heterocycles. The van der Waals surface area contributed by atoms with E-state index in [1.807, 2.05) is 30.3 Å². The molecule has 0 radical (unpaired) electrons. The summed E-state index contributed by atoms with van der Waals surface area (Å²) in [6, 6.07) is 14.1. The van der Waals surface area contributed by atoms with Crippen molar-refractivity contribution in [3.05, 3.63) is 59.7 Å². The second-order valence-electron chi connectivity index (χ2n) is 6.37. The maximum absolute atomic E-state index is 12.3. The third-order valence-corrected chi connectivity index (χ3v) is 4.25. The predicted molar refractivity (Wildman–Crippen MR) is 110 cm³/mol. The molecule has 0 bridgehead atoms. The number of esters is 1. The summed E-state index contributed by atoms with van der Waals surface area (Å²) in [5.41, 5.74) is 1.21. The van der Waals surface area contributed by atoms with E-state index in [9.17, 15) is 14.4 Å². The van der Waals surface area contributed by atoms with Crippen LogP contribution in [0.25, 0.3) is 0 Å². The number of carbonyl (C=O) groups is 3. The number of ether oxygens (including phenoxy) is 3. The minimum Gasteiger partial charge on any atom is -0.497 e. The highest BCUT2D eigenvalue weighted by molar-refractivity contribution is 5.97. The van der Waals surface area contributed by atoms with Crippen LogP contribution in [0.4, 0.5) is 0 Å². The summed E-state index contributed by atoms with van der Waals surface area (Å²) >= 11 is 0. The second kappa shape index (κ2) is 11.5. The van der Waals surface area contributed by atoms with Gasteiger partial charge in [-0.25, -0.2) is 0 Å². The van der Waals surface area contributed by atoms with E-state index in [1.165, 1.54) is 26.4 Å². The largest absolute Gasteiger partial charge is 0.497 e. The van der Waals surface area contributed by atoms with Crippen LogP contribution >= 0.6 is 0 Å². The Hall–Kier alpha value is -3.55. The molecule has 1 atom stereocenters. The average Bonchev–Trinajstić information content (AvgIpc) is 2.79. The van der Waals surface area contributed by atoms with Crippen LogP contribution in [0.15, 0.2) is 48.5 Å². The standard InChI is InChI=1S/C22H26N2O6/c1-4-19(22(27)23-13-15-8-6-5-7-9-15)30-20(25)14-24-21(26)16-10-17(28-2)12-18(11-16)29-3/h5-12,19H,4,13-14H2,1-3H3,(H,23,27)(H,24,26). The highest BCUT2D eigenvalue weighted by Gasteiger charge is 2.21. The second-order valence-corrected chi connectivity index (χ2v) is 6.37. The third-order valence-electron chi connectivity index (χ3n) is 4.25. The lowest BCUT2D eigenvalue weighted by molar-refractivity contribution is -0.155. The quantitative estimate of drug-likeness (QED) is 0.577. The molecule has 8 heteroatoms. The number of hydrogen-bond donors (Lipinski definition) is 2. The molecule has 0 heterocycles. The van der Waals surface area contributed by atoms with E-state index < -0.39 is 23.9 Å². The molecule has 0 saturated carbocycles. The van der Waals surface area contributed by atoms with Crippen molar-refractivity contribution in [2.24, 2.45) is 0 Å². The molecule has 0 aliphatic heterocycles. The van der Waals surface area contributed by atoms with Gasteiger partial charge in [-0.3, -0.25) is 14.4 Å². The lowest BCUT2D eigenvalue weighted by Crippen LogP contribution is -2.39. The molecular weight excluding hydrogens is 388 g/mol. The monoisotopic (exact) mass is 414 g/mol. The Balaban J connectivity index is 1.86. The molecule has 2 rings (SSSR count). The summed E-state index contributed by atoms with van der Waals surface area (Å²) in [6.07, 6.45) is -0.622. The van der Waals surface area contributed by atoms with Crippen LogP contribution in [0.5, 0.6) is 11.5 Å². The number of nitrogens with one attached hydrogen (secondary N) is 2. The normalized spacial score (nSPS) is 11.2. The Morgan fingerprint density at radius 3 is 2.13 bits per heavy atom. The molecular formula is C22H26N2O6. The summed E-state index contributed by atoms with van der Waals surface area (Å²) in [7, 11) is 2.95.